The van der Waals surface area contributed by atoms with Gasteiger partial charge in [0.25, 0.3) is 5.69 Å². The number of hydrogen-bond acceptors (Lipinski definition) is 5. The number of para-hydroxylation sites is 1. The first kappa shape index (κ1) is 14.1. The van der Waals surface area contributed by atoms with Crippen LogP contribution in [0.3, 0.4) is 0 Å². The van der Waals surface area contributed by atoms with E-state index >= 15 is 0 Å². The Bertz CT molecular complexity index is 461. The van der Waals surface area contributed by atoms with Gasteiger partial charge in [-0.3, -0.25) is 15.0 Å². The SMILES string of the molecule is CNc1c(CN(C)C2CCSC2)cccc1[N+](=O)[O-]. The zero-order chi connectivity index (χ0) is 13.8. The van der Waals surface area contributed by atoms with E-state index in [9.17, 15) is 10.1 Å². The molecule has 1 atom stereocenters. The number of hydrogen-bond donors (Lipinski definition) is 1. The highest BCUT2D eigenvalue weighted by Crippen LogP contribution is 2.30. The quantitative estimate of drug-likeness (QED) is 0.664. The van der Waals surface area contributed by atoms with Gasteiger partial charge in [-0.25, -0.2) is 0 Å². The second kappa shape index (κ2) is 6.25. The van der Waals surface area contributed by atoms with Gasteiger partial charge in [-0.2, -0.15) is 11.8 Å². The number of nitro benzene ring substituents is 1. The standard InChI is InChI=1S/C13H19N3O2S/c1-14-13-10(4-3-5-12(13)16(17)18)8-15(2)11-6-7-19-9-11/h3-5,11,14H,6-9H2,1-2H3. The largest absolute Gasteiger partial charge is 0.382 e. The number of rotatable bonds is 5. The molecular weight excluding hydrogens is 262 g/mol. The van der Waals surface area contributed by atoms with Crippen molar-refractivity contribution in [3.05, 3.63) is 33.9 Å². The molecular formula is C13H19N3O2S. The van der Waals surface area contributed by atoms with Gasteiger partial charge in [-0.15, -0.1) is 0 Å². The van der Waals surface area contributed by atoms with Crippen molar-refractivity contribution >= 4 is 23.1 Å². The van der Waals surface area contributed by atoms with E-state index in [1.807, 2.05) is 17.8 Å². The van der Waals surface area contributed by atoms with E-state index in [0.29, 0.717) is 11.7 Å². The lowest BCUT2D eigenvalue weighted by atomic mass is 10.1. The Hall–Kier alpha value is -1.27. The lowest BCUT2D eigenvalue weighted by molar-refractivity contribution is -0.384. The van der Waals surface area contributed by atoms with E-state index < -0.39 is 0 Å². The Balaban J connectivity index is 2.19. The van der Waals surface area contributed by atoms with Gasteiger partial charge in [0.05, 0.1) is 4.92 Å². The summed E-state index contributed by atoms with van der Waals surface area (Å²) in [5, 5.41) is 14.0. The van der Waals surface area contributed by atoms with Crippen LogP contribution < -0.4 is 5.32 Å². The minimum atomic E-state index is -0.333. The van der Waals surface area contributed by atoms with Gasteiger partial charge >= 0.3 is 0 Å². The van der Waals surface area contributed by atoms with Crippen LogP contribution in [0.4, 0.5) is 11.4 Å². The van der Waals surface area contributed by atoms with E-state index in [1.54, 1.807) is 19.2 Å². The van der Waals surface area contributed by atoms with Crippen molar-refractivity contribution in [2.75, 3.05) is 30.9 Å². The van der Waals surface area contributed by atoms with Crippen molar-refractivity contribution in [1.29, 1.82) is 0 Å². The Labute approximate surface area is 117 Å². The molecule has 1 fully saturated rings. The van der Waals surface area contributed by atoms with Crippen LogP contribution in [0.2, 0.25) is 0 Å². The zero-order valence-corrected chi connectivity index (χ0v) is 12.1. The first-order valence-electron chi connectivity index (χ1n) is 6.35. The molecule has 1 saturated heterocycles. The van der Waals surface area contributed by atoms with Gasteiger partial charge < -0.3 is 5.32 Å². The predicted octanol–water partition coefficient (Wildman–Crippen LogP) is 2.57. The van der Waals surface area contributed by atoms with Crippen molar-refractivity contribution in [3.8, 4) is 0 Å². The number of anilines is 1. The van der Waals surface area contributed by atoms with Gasteiger partial charge in [0.15, 0.2) is 0 Å². The minimum absolute atomic E-state index is 0.147. The Morgan fingerprint density at radius 3 is 2.95 bits per heavy atom. The van der Waals surface area contributed by atoms with E-state index in [0.717, 1.165) is 17.9 Å². The van der Waals surface area contributed by atoms with E-state index in [1.165, 1.54) is 12.2 Å². The van der Waals surface area contributed by atoms with Crippen molar-refractivity contribution in [2.45, 2.75) is 19.0 Å². The molecule has 0 aromatic heterocycles. The zero-order valence-electron chi connectivity index (χ0n) is 11.3. The van der Waals surface area contributed by atoms with Gasteiger partial charge in [0, 0.05) is 31.5 Å². The summed E-state index contributed by atoms with van der Waals surface area (Å²) < 4.78 is 0. The summed E-state index contributed by atoms with van der Waals surface area (Å²) in [5.41, 5.74) is 1.76. The molecule has 104 valence electrons. The second-order valence-corrected chi connectivity index (χ2v) is 5.90. The lowest BCUT2D eigenvalue weighted by Crippen LogP contribution is -2.31. The molecule has 0 saturated carbocycles. The third-order valence-electron chi connectivity index (χ3n) is 3.52. The molecule has 1 aromatic rings. The summed E-state index contributed by atoms with van der Waals surface area (Å²) in [6.45, 7) is 0.739. The van der Waals surface area contributed by atoms with E-state index in [2.05, 4.69) is 17.3 Å². The van der Waals surface area contributed by atoms with Crippen molar-refractivity contribution < 1.29 is 4.92 Å². The van der Waals surface area contributed by atoms with Crippen LogP contribution in [0.5, 0.6) is 0 Å². The molecule has 1 unspecified atom stereocenters. The molecule has 1 N–H and O–H groups in total. The number of thioether (sulfide) groups is 1. The Kier molecular flexibility index (Phi) is 4.66. The molecule has 1 heterocycles. The molecule has 0 amide bonds. The normalized spacial score (nSPS) is 18.8. The van der Waals surface area contributed by atoms with Crippen LogP contribution in [0.1, 0.15) is 12.0 Å². The average molecular weight is 281 g/mol. The number of benzene rings is 1. The molecule has 1 aliphatic rings. The molecule has 19 heavy (non-hydrogen) atoms. The maximum atomic E-state index is 11.0. The molecule has 0 radical (unpaired) electrons. The summed E-state index contributed by atoms with van der Waals surface area (Å²) in [5.74, 6) is 2.36. The average Bonchev–Trinajstić information content (AvgIpc) is 2.92. The third kappa shape index (κ3) is 3.19. The number of nitrogens with zero attached hydrogens (tertiary/aromatic N) is 2. The van der Waals surface area contributed by atoms with Gasteiger partial charge in [-0.1, -0.05) is 12.1 Å². The van der Waals surface area contributed by atoms with E-state index in [4.69, 9.17) is 0 Å². The molecule has 6 heteroatoms. The van der Waals surface area contributed by atoms with Crippen molar-refractivity contribution in [2.24, 2.45) is 0 Å². The highest BCUT2D eigenvalue weighted by atomic mass is 32.2. The van der Waals surface area contributed by atoms with Gasteiger partial charge in [0.2, 0.25) is 0 Å². The fourth-order valence-electron chi connectivity index (χ4n) is 2.43. The molecule has 0 aliphatic carbocycles. The van der Waals surface area contributed by atoms with E-state index in [-0.39, 0.29) is 10.6 Å². The smallest absolute Gasteiger partial charge is 0.292 e. The minimum Gasteiger partial charge on any atom is -0.382 e. The number of nitro groups is 1. The highest BCUT2D eigenvalue weighted by Gasteiger charge is 2.22. The first-order chi connectivity index (χ1) is 9.13. The van der Waals surface area contributed by atoms with Crippen LogP contribution in [0.15, 0.2) is 18.2 Å². The summed E-state index contributed by atoms with van der Waals surface area (Å²) in [6.07, 6.45) is 1.20. The van der Waals surface area contributed by atoms with Crippen molar-refractivity contribution in [1.82, 2.24) is 4.90 Å². The number of nitrogens with one attached hydrogen (secondary N) is 1. The second-order valence-electron chi connectivity index (χ2n) is 4.75. The Morgan fingerprint density at radius 1 is 1.58 bits per heavy atom. The fraction of sp³-hybridized carbons (Fsp3) is 0.538. The molecule has 5 nitrogen and oxygen atoms in total. The molecule has 1 aromatic carbocycles. The predicted molar refractivity (Wildman–Crippen MR) is 79.8 cm³/mol. The lowest BCUT2D eigenvalue weighted by Gasteiger charge is -2.24. The van der Waals surface area contributed by atoms with Crippen LogP contribution in [-0.2, 0) is 6.54 Å². The maximum Gasteiger partial charge on any atom is 0.292 e. The van der Waals surface area contributed by atoms with Crippen LogP contribution in [0, 0.1) is 10.1 Å². The fourth-order valence-corrected chi connectivity index (χ4v) is 3.73. The van der Waals surface area contributed by atoms with Crippen LogP contribution in [0.25, 0.3) is 0 Å². The molecule has 0 spiro atoms. The maximum absolute atomic E-state index is 11.0. The summed E-state index contributed by atoms with van der Waals surface area (Å²) in [4.78, 5) is 13.0. The summed E-state index contributed by atoms with van der Waals surface area (Å²) in [7, 11) is 3.83. The third-order valence-corrected chi connectivity index (χ3v) is 4.67. The monoisotopic (exact) mass is 281 g/mol. The van der Waals surface area contributed by atoms with Crippen molar-refractivity contribution in [3.63, 3.8) is 0 Å². The van der Waals surface area contributed by atoms with Gasteiger partial charge in [0.1, 0.15) is 5.69 Å². The topological polar surface area (TPSA) is 58.4 Å². The first-order valence-corrected chi connectivity index (χ1v) is 7.51. The van der Waals surface area contributed by atoms with Crippen LogP contribution in [-0.4, -0.2) is 41.5 Å². The summed E-state index contributed by atoms with van der Waals surface area (Å²) >= 11 is 1.97. The molecule has 2 rings (SSSR count). The molecule has 0 bridgehead atoms. The molecule has 1 aliphatic heterocycles. The Morgan fingerprint density at radius 2 is 2.37 bits per heavy atom. The van der Waals surface area contributed by atoms with Gasteiger partial charge in [-0.05, 0) is 24.8 Å². The highest BCUT2D eigenvalue weighted by molar-refractivity contribution is 7.99. The summed E-state index contributed by atoms with van der Waals surface area (Å²) in [6, 6.07) is 5.83. The van der Waals surface area contributed by atoms with Crippen LogP contribution >= 0.6 is 11.8 Å².